The summed E-state index contributed by atoms with van der Waals surface area (Å²) in [6.45, 7) is 2.83. The first kappa shape index (κ1) is 56.2. The van der Waals surface area contributed by atoms with Crippen LogP contribution in [-0.2, 0) is 37.5 Å². The van der Waals surface area contributed by atoms with Gasteiger partial charge in [0, 0.05) is 12.8 Å². The zero-order valence-electron chi connectivity index (χ0n) is 37.2. The average Bonchev–Trinajstić information content (AvgIpc) is 3.20. The van der Waals surface area contributed by atoms with E-state index in [9.17, 15) is 23.8 Å². The minimum absolute atomic E-state index is 0.167. The monoisotopic (exact) mass is 846 g/mol. The molecular weight excluding hydrogens is 757 g/mol. The van der Waals surface area contributed by atoms with E-state index in [0.29, 0.717) is 12.8 Å². The molecule has 0 aliphatic rings. The highest BCUT2D eigenvalue weighted by Crippen LogP contribution is 2.43. The van der Waals surface area contributed by atoms with Crippen molar-refractivity contribution in [1.29, 1.82) is 0 Å². The molecule has 0 amide bonds. The van der Waals surface area contributed by atoms with Gasteiger partial charge in [0.1, 0.15) is 12.6 Å². The van der Waals surface area contributed by atoms with Gasteiger partial charge in [0.25, 0.3) is 0 Å². The second-order valence-electron chi connectivity index (χ2n) is 16.2. The second-order valence-corrected chi connectivity index (χ2v) is 17.7. The normalized spacial score (nSPS) is 13.7. The van der Waals surface area contributed by atoms with Crippen molar-refractivity contribution in [3.05, 3.63) is 12.2 Å². The number of aliphatic carboxylic acids is 1. The fourth-order valence-electron chi connectivity index (χ4n) is 6.77. The molecular formula is C46H88NO10P. The number of ether oxygens (including phenoxy) is 2. The summed E-state index contributed by atoms with van der Waals surface area (Å²) >= 11 is 0. The van der Waals surface area contributed by atoms with Crippen molar-refractivity contribution in [2.24, 2.45) is 5.73 Å². The van der Waals surface area contributed by atoms with E-state index in [1.54, 1.807) is 0 Å². The number of phosphoric ester groups is 1. The molecule has 58 heavy (non-hydrogen) atoms. The van der Waals surface area contributed by atoms with E-state index in [1.807, 2.05) is 0 Å². The largest absolute Gasteiger partial charge is 0.480 e. The predicted octanol–water partition coefficient (Wildman–Crippen LogP) is 12.8. The highest BCUT2D eigenvalue weighted by molar-refractivity contribution is 7.47. The fraction of sp³-hybridized carbons (Fsp3) is 0.891. The molecule has 11 nitrogen and oxygen atoms in total. The molecule has 0 aromatic heterocycles. The van der Waals surface area contributed by atoms with Crippen molar-refractivity contribution in [2.45, 2.75) is 244 Å². The van der Waals surface area contributed by atoms with Crippen molar-refractivity contribution < 1.29 is 47.5 Å². The number of hydrogen-bond donors (Lipinski definition) is 3. The summed E-state index contributed by atoms with van der Waals surface area (Å²) in [4.78, 5) is 46.0. The SMILES string of the molecule is CCCCCCCC/C=C\CCCCCCCCCCCCCC(=O)OC[C@H](COP(=O)(O)OC[C@H](N)C(=O)O)OC(=O)CCCCCCCCCCCCCCC. The van der Waals surface area contributed by atoms with E-state index < -0.39 is 51.1 Å². The predicted molar refractivity (Wildman–Crippen MR) is 236 cm³/mol. The second kappa shape index (κ2) is 41.9. The van der Waals surface area contributed by atoms with Crippen LogP contribution >= 0.6 is 7.82 Å². The van der Waals surface area contributed by atoms with E-state index in [-0.39, 0.29) is 19.4 Å². The van der Waals surface area contributed by atoms with Crippen LogP contribution in [0.2, 0.25) is 0 Å². The molecule has 12 heteroatoms. The van der Waals surface area contributed by atoms with Crippen molar-refractivity contribution >= 4 is 25.7 Å². The lowest BCUT2D eigenvalue weighted by atomic mass is 10.0. The van der Waals surface area contributed by atoms with Gasteiger partial charge >= 0.3 is 25.7 Å². The first-order chi connectivity index (χ1) is 28.1. The molecule has 0 saturated heterocycles. The first-order valence-corrected chi connectivity index (χ1v) is 25.2. The Balaban J connectivity index is 4.22. The molecule has 0 radical (unpaired) electrons. The highest BCUT2D eigenvalue weighted by atomic mass is 31.2. The van der Waals surface area contributed by atoms with Gasteiger partial charge in [-0.2, -0.15) is 0 Å². The molecule has 0 aliphatic carbocycles. The number of nitrogens with two attached hydrogens (primary N) is 1. The number of carboxylic acids is 1. The third-order valence-electron chi connectivity index (χ3n) is 10.5. The third kappa shape index (κ3) is 41.0. The molecule has 0 aliphatic heterocycles. The number of rotatable bonds is 45. The number of carbonyl (C=O) groups excluding carboxylic acids is 2. The minimum Gasteiger partial charge on any atom is -0.480 e. The maximum absolute atomic E-state index is 12.6. The Labute approximate surface area is 354 Å². The molecule has 1 unspecified atom stereocenters. The summed E-state index contributed by atoms with van der Waals surface area (Å²) < 4.78 is 32.7. The van der Waals surface area contributed by atoms with Gasteiger partial charge in [-0.05, 0) is 38.5 Å². The van der Waals surface area contributed by atoms with Crippen LogP contribution in [0.4, 0.5) is 0 Å². The van der Waals surface area contributed by atoms with Crippen LogP contribution in [0.3, 0.4) is 0 Å². The molecule has 0 saturated carbocycles. The smallest absolute Gasteiger partial charge is 0.472 e. The Morgan fingerprint density at radius 1 is 0.517 bits per heavy atom. The number of esters is 2. The number of phosphoric acid groups is 1. The maximum atomic E-state index is 12.6. The van der Waals surface area contributed by atoms with Crippen LogP contribution < -0.4 is 5.73 Å². The molecule has 0 rings (SSSR count). The van der Waals surface area contributed by atoms with Gasteiger partial charge in [0.15, 0.2) is 6.10 Å². The first-order valence-electron chi connectivity index (χ1n) is 23.7. The van der Waals surface area contributed by atoms with Crippen molar-refractivity contribution in [3.63, 3.8) is 0 Å². The quantitative estimate of drug-likeness (QED) is 0.0230. The van der Waals surface area contributed by atoms with E-state index in [1.165, 1.54) is 154 Å². The van der Waals surface area contributed by atoms with E-state index in [0.717, 1.165) is 38.5 Å². The highest BCUT2D eigenvalue weighted by Gasteiger charge is 2.28. The minimum atomic E-state index is -4.71. The number of carbonyl (C=O) groups is 3. The summed E-state index contributed by atoms with van der Waals surface area (Å²) in [6.07, 6.45) is 42.7. The molecule has 342 valence electrons. The van der Waals surface area contributed by atoms with E-state index in [2.05, 4.69) is 30.5 Å². The molecule has 3 atom stereocenters. The van der Waals surface area contributed by atoms with Crippen LogP contribution in [0, 0.1) is 0 Å². The topological polar surface area (TPSA) is 172 Å². The van der Waals surface area contributed by atoms with Crippen molar-refractivity contribution in [1.82, 2.24) is 0 Å². The van der Waals surface area contributed by atoms with Crippen LogP contribution in [0.25, 0.3) is 0 Å². The van der Waals surface area contributed by atoms with Gasteiger partial charge < -0.3 is 25.2 Å². The Morgan fingerprint density at radius 2 is 0.862 bits per heavy atom. The summed E-state index contributed by atoms with van der Waals surface area (Å²) in [5.74, 6) is -2.36. The molecule has 0 heterocycles. The van der Waals surface area contributed by atoms with E-state index >= 15 is 0 Å². The Morgan fingerprint density at radius 3 is 1.26 bits per heavy atom. The molecule has 0 aromatic carbocycles. The molecule has 4 N–H and O–H groups in total. The van der Waals surface area contributed by atoms with E-state index in [4.69, 9.17) is 24.8 Å². The Hall–Kier alpha value is -1.78. The standard InChI is InChI=1S/C46H88NO10P/c1-3-5-7-9-11-13-15-17-18-19-20-21-22-23-24-26-27-29-31-33-35-37-44(48)54-39-42(40-55-58(52,53)56-41-43(47)46(50)51)57-45(49)38-36-34-32-30-28-25-16-14-12-10-8-6-4-2/h17-18,42-43H,3-16,19-41,47H2,1-2H3,(H,50,51)(H,52,53)/b18-17-/t42-,43+/m1/s1. The summed E-state index contributed by atoms with van der Waals surface area (Å²) in [5, 5.41) is 8.90. The summed E-state index contributed by atoms with van der Waals surface area (Å²) in [5.41, 5.74) is 5.34. The van der Waals surface area contributed by atoms with Crippen molar-refractivity contribution in [3.8, 4) is 0 Å². The van der Waals surface area contributed by atoms with Crippen LogP contribution in [-0.4, -0.2) is 59.9 Å². The number of unbranched alkanes of at least 4 members (excludes halogenated alkanes) is 29. The van der Waals surface area contributed by atoms with Gasteiger partial charge in [0.2, 0.25) is 0 Å². The number of hydrogen-bond acceptors (Lipinski definition) is 9. The molecule has 0 fully saturated rings. The molecule has 0 bridgehead atoms. The lowest BCUT2D eigenvalue weighted by Crippen LogP contribution is -2.34. The lowest BCUT2D eigenvalue weighted by Gasteiger charge is -2.20. The van der Waals surface area contributed by atoms with Gasteiger partial charge in [0.05, 0.1) is 13.2 Å². The summed E-state index contributed by atoms with van der Waals surface area (Å²) in [7, 11) is -4.71. The molecule has 0 aromatic rings. The third-order valence-corrected chi connectivity index (χ3v) is 11.5. The zero-order valence-corrected chi connectivity index (χ0v) is 38.1. The zero-order chi connectivity index (χ0) is 42.8. The van der Waals surface area contributed by atoms with Crippen LogP contribution in [0.5, 0.6) is 0 Å². The van der Waals surface area contributed by atoms with Gasteiger partial charge in [-0.15, -0.1) is 0 Å². The van der Waals surface area contributed by atoms with Crippen LogP contribution in [0.15, 0.2) is 12.2 Å². The summed E-state index contributed by atoms with van der Waals surface area (Å²) in [6, 6.07) is -1.52. The van der Waals surface area contributed by atoms with Gasteiger partial charge in [-0.1, -0.05) is 193 Å². The lowest BCUT2D eigenvalue weighted by molar-refractivity contribution is -0.161. The average molecular weight is 846 g/mol. The van der Waals surface area contributed by atoms with Crippen LogP contribution in [0.1, 0.15) is 232 Å². The maximum Gasteiger partial charge on any atom is 0.472 e. The fourth-order valence-corrected chi connectivity index (χ4v) is 7.55. The number of carboxylic acid groups (broad SMARTS) is 1. The Kier molecular flexibility index (Phi) is 40.6. The molecule has 0 spiro atoms. The van der Waals surface area contributed by atoms with Crippen molar-refractivity contribution in [2.75, 3.05) is 19.8 Å². The Bertz CT molecular complexity index is 1040. The van der Waals surface area contributed by atoms with Gasteiger partial charge in [-0.25, -0.2) is 4.57 Å². The van der Waals surface area contributed by atoms with Gasteiger partial charge in [-0.3, -0.25) is 23.4 Å². The number of allylic oxidation sites excluding steroid dienone is 2.